The molecule has 0 bridgehead atoms. The molecule has 0 radical (unpaired) electrons. The van der Waals surface area contributed by atoms with Gasteiger partial charge in [-0.3, -0.25) is 18.9 Å². The van der Waals surface area contributed by atoms with Crippen molar-refractivity contribution in [1.82, 2.24) is 9.55 Å². The van der Waals surface area contributed by atoms with Crippen molar-refractivity contribution in [2.24, 2.45) is 0 Å². The largest absolute Gasteiger partial charge is 0.490 e. The Morgan fingerprint density at radius 3 is 2.33 bits per heavy atom. The lowest BCUT2D eigenvalue weighted by Gasteiger charge is -2.28. The number of hydrogen-bond acceptors (Lipinski definition) is 11. The molecular formula is C10H17N2O15P3. The minimum atomic E-state index is -5.73. The molecule has 7 N–H and O–H groups in total. The van der Waals surface area contributed by atoms with E-state index in [1.54, 1.807) is 0 Å². The lowest BCUT2D eigenvalue weighted by Crippen LogP contribution is -2.46. The monoisotopic (exact) mass is 498 g/mol. The molecule has 20 heteroatoms. The topological polar surface area (TPSA) is 264 Å². The number of aromatic nitrogens is 2. The molecular weight excluding hydrogens is 481 g/mol. The van der Waals surface area contributed by atoms with Gasteiger partial charge in [0.15, 0.2) is 5.72 Å². The summed E-state index contributed by atoms with van der Waals surface area (Å²) in [5.41, 5.74) is -3.62. The fourth-order valence-corrected chi connectivity index (χ4v) is 5.58. The molecule has 0 aliphatic carbocycles. The number of nitrogens with zero attached hydrogens (tertiary/aromatic N) is 1. The summed E-state index contributed by atoms with van der Waals surface area (Å²) in [4.78, 5) is 60.5. The lowest BCUT2D eigenvalue weighted by molar-refractivity contribution is -0.142. The van der Waals surface area contributed by atoms with E-state index >= 15 is 0 Å². The summed E-state index contributed by atoms with van der Waals surface area (Å²) in [6, 6.07) is 0.938. The Balaban J connectivity index is 2.11. The van der Waals surface area contributed by atoms with Crippen LogP contribution in [0.5, 0.6) is 0 Å². The van der Waals surface area contributed by atoms with Crippen molar-refractivity contribution in [1.29, 1.82) is 0 Å². The Bertz CT molecular complexity index is 1030. The molecule has 1 aromatic heterocycles. The Morgan fingerprint density at radius 1 is 1.17 bits per heavy atom. The summed E-state index contributed by atoms with van der Waals surface area (Å²) in [7, 11) is -16.8. The number of phosphoric acid groups is 3. The highest BCUT2D eigenvalue weighted by atomic mass is 31.3. The standard InChI is InChI=1S/C10H17N2O15P3/c13-5-10(12-2-1-8(15)11-9(12)16)3-6(14)7(25-10)4-24-29(20,21)27-30(22,23)26-28(17,18)19/h1-2,6-7,13-14H,3-5H2,(H,20,21)(H,22,23)(H,11,15,16)(H2,17,18,19). The van der Waals surface area contributed by atoms with Gasteiger partial charge in [0.1, 0.15) is 6.10 Å². The van der Waals surface area contributed by atoms with Crippen LogP contribution in [0, 0.1) is 0 Å². The summed E-state index contributed by atoms with van der Waals surface area (Å²) in [5, 5.41) is 19.8. The number of nitrogens with one attached hydrogen (secondary N) is 1. The number of ether oxygens (including phenoxy) is 1. The molecule has 1 saturated heterocycles. The van der Waals surface area contributed by atoms with Crippen molar-refractivity contribution >= 4 is 23.5 Å². The summed E-state index contributed by atoms with van der Waals surface area (Å²) in [6.07, 6.45) is -2.43. The van der Waals surface area contributed by atoms with Crippen LogP contribution in [-0.4, -0.2) is 64.8 Å². The molecule has 1 aliphatic rings. The molecule has 0 saturated carbocycles. The van der Waals surface area contributed by atoms with Gasteiger partial charge in [-0.2, -0.15) is 8.62 Å². The van der Waals surface area contributed by atoms with E-state index in [-0.39, 0.29) is 0 Å². The van der Waals surface area contributed by atoms with Gasteiger partial charge in [-0.15, -0.1) is 0 Å². The number of phosphoric ester groups is 1. The van der Waals surface area contributed by atoms with Gasteiger partial charge < -0.3 is 34.5 Å². The molecule has 172 valence electrons. The van der Waals surface area contributed by atoms with Crippen LogP contribution in [0.2, 0.25) is 0 Å². The molecule has 1 fully saturated rings. The predicted octanol–water partition coefficient (Wildman–Crippen LogP) is -2.33. The second-order valence-corrected chi connectivity index (χ2v) is 10.3. The summed E-state index contributed by atoms with van der Waals surface area (Å²) < 4.78 is 51.2. The minimum absolute atomic E-state index is 0.431. The second kappa shape index (κ2) is 8.84. The zero-order valence-electron chi connectivity index (χ0n) is 14.6. The predicted molar refractivity (Wildman–Crippen MR) is 91.7 cm³/mol. The van der Waals surface area contributed by atoms with Crippen molar-refractivity contribution in [3.63, 3.8) is 0 Å². The highest BCUT2D eigenvalue weighted by molar-refractivity contribution is 7.66. The zero-order chi connectivity index (χ0) is 23.0. The Hall–Kier alpha value is -1.03. The van der Waals surface area contributed by atoms with Crippen molar-refractivity contribution < 1.29 is 61.4 Å². The van der Waals surface area contributed by atoms with Crippen LogP contribution >= 0.6 is 23.5 Å². The van der Waals surface area contributed by atoms with Gasteiger partial charge in [-0.05, 0) is 0 Å². The highest BCUT2D eigenvalue weighted by Crippen LogP contribution is 2.66. The fraction of sp³-hybridized carbons (Fsp3) is 0.600. The first-order valence-corrected chi connectivity index (χ1v) is 12.2. The van der Waals surface area contributed by atoms with E-state index in [0.29, 0.717) is 0 Å². The molecule has 2 rings (SSSR count). The van der Waals surface area contributed by atoms with Gasteiger partial charge >= 0.3 is 29.2 Å². The number of aromatic amines is 1. The number of hydrogen-bond donors (Lipinski definition) is 7. The number of aliphatic hydroxyl groups is 2. The molecule has 2 heterocycles. The van der Waals surface area contributed by atoms with E-state index in [2.05, 4.69) is 13.1 Å². The van der Waals surface area contributed by atoms with E-state index in [1.807, 2.05) is 4.98 Å². The van der Waals surface area contributed by atoms with Crippen LogP contribution in [0.3, 0.4) is 0 Å². The van der Waals surface area contributed by atoms with Crippen LogP contribution in [-0.2, 0) is 37.3 Å². The van der Waals surface area contributed by atoms with E-state index in [4.69, 9.17) is 19.4 Å². The van der Waals surface area contributed by atoms with Gasteiger partial charge in [0.25, 0.3) is 5.56 Å². The van der Waals surface area contributed by atoms with Gasteiger partial charge in [0.05, 0.1) is 19.3 Å². The number of H-pyrrole nitrogens is 1. The Morgan fingerprint density at radius 2 is 1.80 bits per heavy atom. The Labute approximate surface area is 165 Å². The third-order valence-electron chi connectivity index (χ3n) is 3.66. The Kier molecular flexibility index (Phi) is 7.44. The summed E-state index contributed by atoms with van der Waals surface area (Å²) in [5.74, 6) is 0. The third kappa shape index (κ3) is 6.48. The minimum Gasteiger partial charge on any atom is -0.391 e. The zero-order valence-corrected chi connectivity index (χ0v) is 17.3. The summed E-state index contributed by atoms with van der Waals surface area (Å²) in [6.45, 7) is -1.87. The quantitative estimate of drug-likeness (QED) is 0.176. The van der Waals surface area contributed by atoms with Gasteiger partial charge in [-0.25, -0.2) is 18.5 Å². The van der Waals surface area contributed by atoms with Gasteiger partial charge in [0.2, 0.25) is 0 Å². The maximum atomic E-state index is 12.0. The van der Waals surface area contributed by atoms with E-state index in [0.717, 1.165) is 16.8 Å². The third-order valence-corrected chi connectivity index (χ3v) is 7.46. The first-order chi connectivity index (χ1) is 13.6. The molecule has 1 aromatic rings. The van der Waals surface area contributed by atoms with Gasteiger partial charge in [0, 0.05) is 18.7 Å². The average Bonchev–Trinajstić information content (AvgIpc) is 2.86. The first-order valence-electron chi connectivity index (χ1n) is 7.66. The van der Waals surface area contributed by atoms with Gasteiger partial charge in [-0.1, -0.05) is 0 Å². The number of aliphatic hydroxyl groups excluding tert-OH is 2. The van der Waals surface area contributed by atoms with Crippen molar-refractivity contribution in [2.75, 3.05) is 13.2 Å². The number of rotatable bonds is 9. The molecule has 1 aliphatic heterocycles. The normalized spacial score (nSPS) is 28.7. The van der Waals surface area contributed by atoms with E-state index < -0.39 is 72.3 Å². The smallest absolute Gasteiger partial charge is 0.391 e. The molecule has 5 unspecified atom stereocenters. The molecule has 17 nitrogen and oxygen atoms in total. The first kappa shape index (κ1) is 25.2. The maximum absolute atomic E-state index is 12.0. The maximum Gasteiger partial charge on any atom is 0.490 e. The van der Waals surface area contributed by atoms with Crippen LogP contribution in [0.4, 0.5) is 0 Å². The van der Waals surface area contributed by atoms with Crippen molar-refractivity contribution in [3.05, 3.63) is 33.1 Å². The van der Waals surface area contributed by atoms with E-state index in [9.17, 15) is 38.4 Å². The van der Waals surface area contributed by atoms with E-state index in [1.165, 1.54) is 0 Å². The lowest BCUT2D eigenvalue weighted by atomic mass is 10.1. The van der Waals surface area contributed by atoms with Crippen LogP contribution in [0.1, 0.15) is 6.42 Å². The van der Waals surface area contributed by atoms with Crippen molar-refractivity contribution in [3.8, 4) is 0 Å². The molecule has 0 amide bonds. The second-order valence-electron chi connectivity index (χ2n) is 5.90. The molecule has 30 heavy (non-hydrogen) atoms. The SMILES string of the molecule is O=c1ccn(C2(CO)CC(O)C(COP(=O)(O)OP(=O)(O)OP(=O)(O)O)O2)c(=O)[nH]1. The average molecular weight is 498 g/mol. The van der Waals surface area contributed by atoms with Crippen molar-refractivity contribution in [2.45, 2.75) is 24.4 Å². The highest BCUT2D eigenvalue weighted by Gasteiger charge is 2.49. The molecule has 5 atom stereocenters. The molecule has 0 spiro atoms. The van der Waals surface area contributed by atoms with Crippen LogP contribution in [0.15, 0.2) is 21.9 Å². The molecule has 0 aromatic carbocycles. The fourth-order valence-electron chi connectivity index (χ4n) is 2.55. The summed E-state index contributed by atoms with van der Waals surface area (Å²) >= 11 is 0. The van der Waals surface area contributed by atoms with Crippen LogP contribution in [0.25, 0.3) is 0 Å². The van der Waals surface area contributed by atoms with Crippen LogP contribution < -0.4 is 11.2 Å².